The van der Waals surface area contributed by atoms with E-state index in [1.165, 1.54) is 16.2 Å². The molecule has 1 amide bonds. The van der Waals surface area contributed by atoms with Crippen LogP contribution in [0.5, 0.6) is 5.75 Å². The number of methoxy groups -OCH3 is 1. The molecule has 3 aromatic rings. The first-order valence-electron chi connectivity index (χ1n) is 10.9. The van der Waals surface area contributed by atoms with Gasteiger partial charge in [0.05, 0.1) is 17.6 Å². The number of hydrogen-bond acceptors (Lipinski definition) is 7. The Labute approximate surface area is 207 Å². The van der Waals surface area contributed by atoms with Gasteiger partial charge in [-0.1, -0.05) is 56.0 Å². The minimum absolute atomic E-state index is 0.182. The van der Waals surface area contributed by atoms with E-state index in [0.29, 0.717) is 39.3 Å². The Bertz CT molecular complexity index is 1350. The van der Waals surface area contributed by atoms with Crippen molar-refractivity contribution in [2.45, 2.75) is 27.3 Å². The number of hydrogen-bond donors (Lipinski definition) is 1. The summed E-state index contributed by atoms with van der Waals surface area (Å²) in [5.41, 5.74) is 2.53. The molecule has 176 valence electrons. The number of ether oxygens (including phenoxy) is 1. The maximum absolute atomic E-state index is 13.5. The highest BCUT2D eigenvalue weighted by Gasteiger charge is 2.32. The number of anilines is 1. The van der Waals surface area contributed by atoms with Gasteiger partial charge in [0.15, 0.2) is 0 Å². The molecule has 1 aromatic carbocycles. The minimum atomic E-state index is -0.250. The van der Waals surface area contributed by atoms with Crippen LogP contribution in [0.15, 0.2) is 52.3 Å². The normalized spacial score (nSPS) is 15.1. The van der Waals surface area contributed by atoms with Crippen molar-refractivity contribution in [1.82, 2.24) is 14.3 Å². The Morgan fingerprint density at radius 2 is 1.91 bits per heavy atom. The van der Waals surface area contributed by atoms with E-state index in [-0.39, 0.29) is 17.4 Å². The number of carbonyl (C=O) groups excluding carboxylic acids is 1. The van der Waals surface area contributed by atoms with Crippen LogP contribution in [0.4, 0.5) is 5.82 Å². The number of aromatic nitrogens is 2. The molecular formula is C25H26N4O3S2. The third-order valence-corrected chi connectivity index (χ3v) is 6.70. The molecule has 7 nitrogen and oxygen atoms in total. The van der Waals surface area contributed by atoms with Crippen molar-refractivity contribution in [1.29, 1.82) is 0 Å². The molecular weight excluding hydrogens is 468 g/mol. The number of fused-ring (bicyclic) bond motifs is 1. The fraction of sp³-hybridized carbons (Fsp3) is 0.280. The van der Waals surface area contributed by atoms with E-state index >= 15 is 0 Å². The molecule has 3 heterocycles. The second kappa shape index (κ2) is 9.99. The van der Waals surface area contributed by atoms with Gasteiger partial charge in [0, 0.05) is 19.3 Å². The molecule has 9 heteroatoms. The zero-order chi connectivity index (χ0) is 24.4. The first-order chi connectivity index (χ1) is 16.3. The summed E-state index contributed by atoms with van der Waals surface area (Å²) >= 11 is 6.64. The third-order valence-electron chi connectivity index (χ3n) is 5.32. The van der Waals surface area contributed by atoms with Crippen LogP contribution >= 0.6 is 24.0 Å². The lowest BCUT2D eigenvalue weighted by molar-refractivity contribution is -0.122. The monoisotopic (exact) mass is 494 g/mol. The number of rotatable bonds is 7. The van der Waals surface area contributed by atoms with Crippen LogP contribution < -0.4 is 15.6 Å². The number of carbonyl (C=O) groups is 1. The van der Waals surface area contributed by atoms with Crippen molar-refractivity contribution in [3.05, 3.63) is 74.5 Å². The second-order valence-corrected chi connectivity index (χ2v) is 10.2. The van der Waals surface area contributed by atoms with Gasteiger partial charge in [-0.15, -0.1) is 0 Å². The highest BCUT2D eigenvalue weighted by molar-refractivity contribution is 8.26. The highest BCUT2D eigenvalue weighted by Crippen LogP contribution is 2.33. The number of pyridine rings is 1. The van der Waals surface area contributed by atoms with Crippen LogP contribution in [0.1, 0.15) is 30.5 Å². The zero-order valence-corrected chi connectivity index (χ0v) is 21.1. The van der Waals surface area contributed by atoms with Crippen LogP contribution in [-0.2, 0) is 11.3 Å². The molecule has 0 unspecified atom stereocenters. The fourth-order valence-electron chi connectivity index (χ4n) is 3.61. The summed E-state index contributed by atoms with van der Waals surface area (Å²) in [6.07, 6.45) is 3.36. The van der Waals surface area contributed by atoms with Crippen molar-refractivity contribution in [2.24, 2.45) is 5.92 Å². The summed E-state index contributed by atoms with van der Waals surface area (Å²) in [4.78, 5) is 33.2. The molecule has 1 N–H and O–H groups in total. The lowest BCUT2D eigenvalue weighted by Crippen LogP contribution is -2.31. The van der Waals surface area contributed by atoms with Gasteiger partial charge in [-0.05, 0) is 48.2 Å². The Morgan fingerprint density at radius 1 is 1.18 bits per heavy atom. The largest absolute Gasteiger partial charge is 0.497 e. The van der Waals surface area contributed by atoms with Gasteiger partial charge in [-0.3, -0.25) is 18.9 Å². The average Bonchev–Trinajstić information content (AvgIpc) is 3.07. The summed E-state index contributed by atoms with van der Waals surface area (Å²) in [6, 6.07) is 11.4. The molecule has 34 heavy (non-hydrogen) atoms. The van der Waals surface area contributed by atoms with Crippen molar-refractivity contribution in [2.75, 3.05) is 19.0 Å². The van der Waals surface area contributed by atoms with Crippen LogP contribution in [-0.4, -0.2) is 38.2 Å². The highest BCUT2D eigenvalue weighted by atomic mass is 32.2. The predicted molar refractivity (Wildman–Crippen MR) is 141 cm³/mol. The quantitative estimate of drug-likeness (QED) is 0.383. The fourth-order valence-corrected chi connectivity index (χ4v) is 4.86. The summed E-state index contributed by atoms with van der Waals surface area (Å²) in [6.45, 7) is 6.97. The van der Waals surface area contributed by atoms with Crippen LogP contribution in [0, 0.1) is 12.8 Å². The summed E-state index contributed by atoms with van der Waals surface area (Å²) in [5, 5.41) is 3.28. The van der Waals surface area contributed by atoms with E-state index in [2.05, 4.69) is 5.32 Å². The maximum atomic E-state index is 13.5. The Kier molecular flexibility index (Phi) is 7.04. The summed E-state index contributed by atoms with van der Waals surface area (Å²) in [7, 11) is 1.62. The van der Waals surface area contributed by atoms with E-state index in [9.17, 15) is 9.59 Å². The molecule has 0 saturated carbocycles. The van der Waals surface area contributed by atoms with E-state index in [1.807, 2.05) is 51.1 Å². The Balaban J connectivity index is 1.75. The molecule has 0 radical (unpaired) electrons. The Morgan fingerprint density at radius 3 is 2.59 bits per heavy atom. The van der Waals surface area contributed by atoms with Gasteiger partial charge in [0.1, 0.15) is 21.5 Å². The molecule has 0 bridgehead atoms. The lowest BCUT2D eigenvalue weighted by atomic mass is 10.2. The minimum Gasteiger partial charge on any atom is -0.497 e. The average molecular weight is 495 g/mol. The molecule has 1 saturated heterocycles. The molecule has 0 aliphatic carbocycles. The number of nitrogens with zero attached hydrogens (tertiary/aromatic N) is 3. The van der Waals surface area contributed by atoms with Gasteiger partial charge in [0.2, 0.25) is 0 Å². The number of nitrogens with one attached hydrogen (secondary N) is 1. The molecule has 1 aliphatic heterocycles. The SMILES string of the molecule is COc1ccc(CNc2nc3ccc(C)cn3c(=O)c2/C=C2\SC(=S)N(CC(C)C)C2=O)cc1. The number of amides is 1. The summed E-state index contributed by atoms with van der Waals surface area (Å²) in [5.74, 6) is 1.28. The Hall–Kier alpha value is -3.17. The molecule has 0 atom stereocenters. The van der Waals surface area contributed by atoms with Crippen molar-refractivity contribution in [3.63, 3.8) is 0 Å². The topological polar surface area (TPSA) is 75.9 Å². The summed E-state index contributed by atoms with van der Waals surface area (Å²) < 4.78 is 7.23. The van der Waals surface area contributed by atoms with Gasteiger partial charge in [-0.25, -0.2) is 4.98 Å². The number of thioether (sulfide) groups is 1. The van der Waals surface area contributed by atoms with Crippen LogP contribution in [0.25, 0.3) is 11.7 Å². The lowest BCUT2D eigenvalue weighted by Gasteiger charge is -2.16. The van der Waals surface area contributed by atoms with Crippen molar-refractivity contribution >= 4 is 51.7 Å². The molecule has 0 spiro atoms. The maximum Gasteiger partial charge on any atom is 0.267 e. The van der Waals surface area contributed by atoms with Crippen molar-refractivity contribution < 1.29 is 9.53 Å². The van der Waals surface area contributed by atoms with E-state index in [1.54, 1.807) is 30.3 Å². The van der Waals surface area contributed by atoms with Gasteiger partial charge >= 0.3 is 0 Å². The third kappa shape index (κ3) is 5.00. The number of aryl methyl sites for hydroxylation is 1. The second-order valence-electron chi connectivity index (χ2n) is 8.50. The van der Waals surface area contributed by atoms with Gasteiger partial charge < -0.3 is 10.1 Å². The smallest absolute Gasteiger partial charge is 0.267 e. The molecule has 4 rings (SSSR count). The van der Waals surface area contributed by atoms with Crippen molar-refractivity contribution in [3.8, 4) is 5.75 Å². The zero-order valence-electron chi connectivity index (χ0n) is 19.5. The van der Waals surface area contributed by atoms with Gasteiger partial charge in [-0.2, -0.15) is 0 Å². The molecule has 1 fully saturated rings. The van der Waals surface area contributed by atoms with Gasteiger partial charge in [0.25, 0.3) is 11.5 Å². The standard InChI is InChI=1S/C25H26N4O3S2/c1-15(2)13-29-24(31)20(34-25(29)33)11-19-22(26-12-17-6-8-18(32-4)9-7-17)27-21-10-5-16(3)14-28(21)23(19)30/h5-11,14-15,26H,12-13H2,1-4H3/b20-11-. The predicted octanol–water partition coefficient (Wildman–Crippen LogP) is 4.48. The number of thiocarbonyl (C=S) groups is 1. The first kappa shape index (κ1) is 24.0. The molecule has 2 aromatic heterocycles. The number of benzene rings is 1. The molecule has 1 aliphatic rings. The van der Waals surface area contributed by atoms with Crippen LogP contribution in [0.3, 0.4) is 0 Å². The van der Waals surface area contributed by atoms with E-state index < -0.39 is 0 Å². The van der Waals surface area contributed by atoms with E-state index in [4.69, 9.17) is 21.9 Å². The first-order valence-corrected chi connectivity index (χ1v) is 12.1. The van der Waals surface area contributed by atoms with Crippen LogP contribution in [0.2, 0.25) is 0 Å². The van der Waals surface area contributed by atoms with E-state index in [0.717, 1.165) is 16.9 Å².